The highest BCUT2D eigenvalue weighted by molar-refractivity contribution is 6.28. The highest BCUT2D eigenvalue weighted by Crippen LogP contribution is 2.26. The summed E-state index contributed by atoms with van der Waals surface area (Å²) >= 11 is 5.90. The van der Waals surface area contributed by atoms with Gasteiger partial charge in [-0.2, -0.15) is 15.1 Å². The molecule has 0 amide bonds. The van der Waals surface area contributed by atoms with Crippen molar-refractivity contribution >= 4 is 28.5 Å². The zero-order valence-electron chi connectivity index (χ0n) is 10.8. The van der Waals surface area contributed by atoms with Crippen molar-refractivity contribution in [3.8, 4) is 0 Å². The van der Waals surface area contributed by atoms with Crippen molar-refractivity contribution in [2.75, 3.05) is 11.9 Å². The standard InChI is InChI=1S/C13H18ClN5/c14-13-17-11(10-8-16-19-12(10)18-13)15-7-6-9-4-2-1-3-5-9/h8-9H,1-7H2,(H2,15,16,17,18,19). The van der Waals surface area contributed by atoms with E-state index in [4.69, 9.17) is 11.6 Å². The lowest BCUT2D eigenvalue weighted by molar-refractivity contribution is 0.345. The molecule has 0 bridgehead atoms. The molecule has 5 nitrogen and oxygen atoms in total. The van der Waals surface area contributed by atoms with Crippen LogP contribution in [-0.2, 0) is 0 Å². The fourth-order valence-corrected chi connectivity index (χ4v) is 2.98. The number of hydrogen-bond donors (Lipinski definition) is 2. The maximum Gasteiger partial charge on any atom is 0.226 e. The molecule has 0 aromatic carbocycles. The second kappa shape index (κ2) is 5.74. The van der Waals surface area contributed by atoms with E-state index in [-0.39, 0.29) is 5.28 Å². The van der Waals surface area contributed by atoms with Gasteiger partial charge in [0.05, 0.1) is 11.6 Å². The average molecular weight is 280 g/mol. The Kier molecular flexibility index (Phi) is 3.82. The highest BCUT2D eigenvalue weighted by atomic mass is 35.5. The molecule has 1 aliphatic rings. The van der Waals surface area contributed by atoms with Gasteiger partial charge in [-0.15, -0.1) is 0 Å². The zero-order chi connectivity index (χ0) is 13.1. The van der Waals surface area contributed by atoms with Gasteiger partial charge in [-0.1, -0.05) is 32.1 Å². The van der Waals surface area contributed by atoms with E-state index in [9.17, 15) is 0 Å². The lowest BCUT2D eigenvalue weighted by Gasteiger charge is -2.21. The number of H-pyrrole nitrogens is 1. The zero-order valence-corrected chi connectivity index (χ0v) is 11.6. The maximum absolute atomic E-state index is 5.90. The second-order valence-electron chi connectivity index (χ2n) is 5.19. The number of aromatic amines is 1. The number of hydrogen-bond acceptors (Lipinski definition) is 4. The molecule has 0 aliphatic heterocycles. The Morgan fingerprint density at radius 2 is 2.11 bits per heavy atom. The Labute approximate surface area is 117 Å². The summed E-state index contributed by atoms with van der Waals surface area (Å²) in [5, 5.41) is 11.3. The van der Waals surface area contributed by atoms with E-state index in [1.807, 2.05) is 0 Å². The van der Waals surface area contributed by atoms with Gasteiger partial charge in [-0.3, -0.25) is 5.10 Å². The van der Waals surface area contributed by atoms with E-state index in [2.05, 4.69) is 25.5 Å². The summed E-state index contributed by atoms with van der Waals surface area (Å²) in [6, 6.07) is 0. The van der Waals surface area contributed by atoms with E-state index in [0.717, 1.165) is 23.7 Å². The molecule has 1 aliphatic carbocycles. The maximum atomic E-state index is 5.90. The number of fused-ring (bicyclic) bond motifs is 1. The number of nitrogens with zero attached hydrogens (tertiary/aromatic N) is 3. The molecule has 2 heterocycles. The predicted molar refractivity (Wildman–Crippen MR) is 76.4 cm³/mol. The molecular formula is C13H18ClN5. The van der Waals surface area contributed by atoms with Crippen molar-refractivity contribution in [2.45, 2.75) is 38.5 Å². The SMILES string of the molecule is Clc1nc(NCCC2CCCCC2)c2cn[nH]c2n1. The number of rotatable bonds is 4. The molecule has 6 heteroatoms. The molecule has 0 radical (unpaired) electrons. The minimum Gasteiger partial charge on any atom is -0.369 e. The highest BCUT2D eigenvalue weighted by Gasteiger charge is 2.13. The fraction of sp³-hybridized carbons (Fsp3) is 0.615. The first-order chi connectivity index (χ1) is 9.33. The third-order valence-corrected chi connectivity index (χ3v) is 4.02. The van der Waals surface area contributed by atoms with Crippen LogP contribution in [0.2, 0.25) is 5.28 Å². The van der Waals surface area contributed by atoms with Gasteiger partial charge >= 0.3 is 0 Å². The first-order valence-electron chi connectivity index (χ1n) is 6.93. The van der Waals surface area contributed by atoms with Crippen molar-refractivity contribution < 1.29 is 0 Å². The van der Waals surface area contributed by atoms with Crippen molar-refractivity contribution in [3.05, 3.63) is 11.5 Å². The van der Waals surface area contributed by atoms with E-state index in [0.29, 0.717) is 5.65 Å². The number of anilines is 1. The van der Waals surface area contributed by atoms with Gasteiger partial charge in [0.25, 0.3) is 0 Å². The van der Waals surface area contributed by atoms with E-state index < -0.39 is 0 Å². The Hall–Kier alpha value is -1.36. The largest absolute Gasteiger partial charge is 0.369 e. The van der Waals surface area contributed by atoms with Gasteiger partial charge in [0.15, 0.2) is 5.65 Å². The summed E-state index contributed by atoms with van der Waals surface area (Å²) in [6.07, 6.45) is 9.84. The summed E-state index contributed by atoms with van der Waals surface area (Å²) in [5.74, 6) is 1.64. The Balaban J connectivity index is 1.63. The van der Waals surface area contributed by atoms with E-state index in [1.54, 1.807) is 6.20 Å². The lowest BCUT2D eigenvalue weighted by atomic mass is 9.87. The molecule has 3 rings (SSSR count). The smallest absolute Gasteiger partial charge is 0.226 e. The van der Waals surface area contributed by atoms with Crippen molar-refractivity contribution in [1.82, 2.24) is 20.2 Å². The summed E-state index contributed by atoms with van der Waals surface area (Å²) in [4.78, 5) is 8.33. The van der Waals surface area contributed by atoms with Gasteiger partial charge in [0.1, 0.15) is 5.82 Å². The van der Waals surface area contributed by atoms with Crippen LogP contribution in [0.5, 0.6) is 0 Å². The molecule has 2 N–H and O–H groups in total. The molecule has 0 saturated heterocycles. The van der Waals surface area contributed by atoms with Crippen LogP contribution in [0.3, 0.4) is 0 Å². The molecule has 2 aromatic heterocycles. The Morgan fingerprint density at radius 3 is 2.95 bits per heavy atom. The van der Waals surface area contributed by atoms with Gasteiger partial charge in [0.2, 0.25) is 5.28 Å². The van der Waals surface area contributed by atoms with Crippen LogP contribution in [0, 0.1) is 5.92 Å². The van der Waals surface area contributed by atoms with Crippen LogP contribution in [0.1, 0.15) is 38.5 Å². The molecular weight excluding hydrogens is 262 g/mol. The first kappa shape index (κ1) is 12.7. The summed E-state index contributed by atoms with van der Waals surface area (Å²) in [5.41, 5.74) is 0.681. The van der Waals surface area contributed by atoms with Crippen LogP contribution in [0.4, 0.5) is 5.82 Å². The molecule has 0 atom stereocenters. The normalized spacial score (nSPS) is 16.9. The van der Waals surface area contributed by atoms with Crippen LogP contribution in [-0.4, -0.2) is 26.7 Å². The van der Waals surface area contributed by atoms with E-state index in [1.165, 1.54) is 38.5 Å². The van der Waals surface area contributed by atoms with Gasteiger partial charge in [-0.05, 0) is 23.9 Å². The third-order valence-electron chi connectivity index (χ3n) is 3.85. The lowest BCUT2D eigenvalue weighted by Crippen LogP contribution is -2.13. The fourth-order valence-electron chi connectivity index (χ4n) is 2.81. The number of halogens is 1. The molecule has 102 valence electrons. The van der Waals surface area contributed by atoms with Crippen molar-refractivity contribution in [1.29, 1.82) is 0 Å². The monoisotopic (exact) mass is 279 g/mol. The molecule has 0 unspecified atom stereocenters. The molecule has 19 heavy (non-hydrogen) atoms. The topological polar surface area (TPSA) is 66.5 Å². The average Bonchev–Trinajstić information content (AvgIpc) is 2.88. The van der Waals surface area contributed by atoms with Crippen molar-refractivity contribution in [3.63, 3.8) is 0 Å². The van der Waals surface area contributed by atoms with Gasteiger partial charge in [0, 0.05) is 6.54 Å². The van der Waals surface area contributed by atoms with E-state index >= 15 is 0 Å². The van der Waals surface area contributed by atoms with Crippen LogP contribution in [0.25, 0.3) is 11.0 Å². The van der Waals surface area contributed by atoms with Gasteiger partial charge < -0.3 is 5.32 Å². The first-order valence-corrected chi connectivity index (χ1v) is 7.31. The predicted octanol–water partition coefficient (Wildman–Crippen LogP) is 3.39. The Bertz CT molecular complexity index is 547. The molecule has 0 spiro atoms. The second-order valence-corrected chi connectivity index (χ2v) is 5.53. The molecule has 1 saturated carbocycles. The molecule has 2 aromatic rings. The quantitative estimate of drug-likeness (QED) is 0.842. The van der Waals surface area contributed by atoms with Crippen LogP contribution in [0.15, 0.2) is 6.20 Å². The van der Waals surface area contributed by atoms with Gasteiger partial charge in [-0.25, -0.2) is 0 Å². The Morgan fingerprint density at radius 1 is 1.26 bits per heavy atom. The van der Waals surface area contributed by atoms with Crippen LogP contribution >= 0.6 is 11.6 Å². The number of nitrogens with one attached hydrogen (secondary N) is 2. The van der Waals surface area contributed by atoms with Crippen LogP contribution < -0.4 is 5.32 Å². The molecule has 1 fully saturated rings. The minimum atomic E-state index is 0.247. The third kappa shape index (κ3) is 2.97. The minimum absolute atomic E-state index is 0.247. The summed E-state index contributed by atoms with van der Waals surface area (Å²) < 4.78 is 0. The van der Waals surface area contributed by atoms with Crippen molar-refractivity contribution in [2.24, 2.45) is 5.92 Å². The summed E-state index contributed by atoms with van der Waals surface area (Å²) in [6.45, 7) is 0.929. The summed E-state index contributed by atoms with van der Waals surface area (Å²) in [7, 11) is 0. The number of aromatic nitrogens is 4.